The van der Waals surface area contributed by atoms with E-state index in [0.29, 0.717) is 15.7 Å². The minimum atomic E-state index is -0.335. The highest BCUT2D eigenvalue weighted by Crippen LogP contribution is 2.26. The van der Waals surface area contributed by atoms with Gasteiger partial charge < -0.3 is 4.74 Å². The molecule has 1 aromatic heterocycles. The summed E-state index contributed by atoms with van der Waals surface area (Å²) in [4.78, 5) is 16.4. The van der Waals surface area contributed by atoms with Gasteiger partial charge in [0.25, 0.3) is 0 Å². The Hall–Kier alpha value is -1.88. The van der Waals surface area contributed by atoms with Crippen molar-refractivity contribution in [2.24, 2.45) is 0 Å². The first kappa shape index (κ1) is 17.0. The third-order valence-electron chi connectivity index (χ3n) is 3.30. The molecule has 0 saturated carbocycles. The highest BCUT2D eigenvalue weighted by molar-refractivity contribution is 7.13. The summed E-state index contributed by atoms with van der Waals surface area (Å²) < 4.78 is 5.27. The van der Waals surface area contributed by atoms with Gasteiger partial charge in [0.2, 0.25) is 0 Å². The highest BCUT2D eigenvalue weighted by atomic mass is 35.5. The maximum absolute atomic E-state index is 12.0. The van der Waals surface area contributed by atoms with Gasteiger partial charge in [-0.15, -0.1) is 11.3 Å². The predicted molar refractivity (Wildman–Crippen MR) is 97.5 cm³/mol. The molecule has 3 nitrogen and oxygen atoms in total. The number of halogens is 2. The molecule has 0 radical (unpaired) electrons. The summed E-state index contributed by atoms with van der Waals surface area (Å²) in [6, 6.07) is 14.7. The fourth-order valence-corrected chi connectivity index (χ4v) is 3.31. The lowest BCUT2D eigenvalue weighted by Gasteiger charge is -2.05. The summed E-state index contributed by atoms with van der Waals surface area (Å²) >= 11 is 13.5. The Bertz CT molecular complexity index is 863. The lowest BCUT2D eigenvalue weighted by Crippen LogP contribution is -2.08. The van der Waals surface area contributed by atoms with Crippen molar-refractivity contribution in [2.75, 3.05) is 0 Å². The molecule has 3 aromatic rings. The molecule has 24 heavy (non-hydrogen) atoms. The van der Waals surface area contributed by atoms with Crippen LogP contribution >= 0.6 is 34.5 Å². The van der Waals surface area contributed by atoms with E-state index in [2.05, 4.69) is 4.98 Å². The minimum Gasteiger partial charge on any atom is -0.460 e. The van der Waals surface area contributed by atoms with Gasteiger partial charge in [-0.3, -0.25) is 4.79 Å². The van der Waals surface area contributed by atoms with Crippen LogP contribution < -0.4 is 0 Å². The fraction of sp³-hybridized carbons (Fsp3) is 0.111. The molecule has 3 rings (SSSR count). The van der Waals surface area contributed by atoms with E-state index < -0.39 is 0 Å². The standard InChI is InChI=1S/C18H13Cl2NO2S/c19-14-6-3-5-12(8-14)18-21-15(11-24-18)9-17(22)23-10-13-4-1-2-7-16(13)20/h1-8,11H,9-10H2. The summed E-state index contributed by atoms with van der Waals surface area (Å²) in [7, 11) is 0. The molecule has 0 spiro atoms. The lowest BCUT2D eigenvalue weighted by atomic mass is 10.2. The number of rotatable bonds is 5. The van der Waals surface area contributed by atoms with Crippen LogP contribution in [0.4, 0.5) is 0 Å². The maximum atomic E-state index is 12.0. The van der Waals surface area contributed by atoms with Gasteiger partial charge in [0.15, 0.2) is 0 Å². The predicted octanol–water partition coefficient (Wildman–Crippen LogP) is 5.40. The number of hydrogen-bond donors (Lipinski definition) is 0. The van der Waals surface area contributed by atoms with Crippen LogP contribution in [0.3, 0.4) is 0 Å². The van der Waals surface area contributed by atoms with E-state index in [4.69, 9.17) is 27.9 Å². The van der Waals surface area contributed by atoms with Crippen LogP contribution in [0.1, 0.15) is 11.3 Å². The Morgan fingerprint density at radius 3 is 2.75 bits per heavy atom. The van der Waals surface area contributed by atoms with Crippen molar-refractivity contribution < 1.29 is 9.53 Å². The smallest absolute Gasteiger partial charge is 0.312 e. The molecule has 0 aliphatic carbocycles. The monoisotopic (exact) mass is 377 g/mol. The molecular weight excluding hydrogens is 365 g/mol. The van der Waals surface area contributed by atoms with Crippen LogP contribution in [0.15, 0.2) is 53.9 Å². The summed E-state index contributed by atoms with van der Waals surface area (Å²) in [6.45, 7) is 0.157. The number of esters is 1. The Kier molecular flexibility index (Phi) is 5.51. The number of thiazole rings is 1. The normalized spacial score (nSPS) is 10.6. The third kappa shape index (κ3) is 4.35. The van der Waals surface area contributed by atoms with Crippen molar-refractivity contribution in [1.82, 2.24) is 4.98 Å². The first-order valence-electron chi connectivity index (χ1n) is 7.21. The Labute approximate surface area is 153 Å². The largest absolute Gasteiger partial charge is 0.460 e. The van der Waals surface area contributed by atoms with E-state index in [9.17, 15) is 4.79 Å². The summed E-state index contributed by atoms with van der Waals surface area (Å²) in [5.74, 6) is -0.335. The molecule has 122 valence electrons. The molecule has 0 atom stereocenters. The van der Waals surface area contributed by atoms with Crippen LogP contribution in [0.25, 0.3) is 10.6 Å². The Morgan fingerprint density at radius 2 is 1.96 bits per heavy atom. The molecule has 0 aliphatic heterocycles. The number of aromatic nitrogens is 1. The van der Waals surface area contributed by atoms with Crippen LogP contribution in [0.5, 0.6) is 0 Å². The summed E-state index contributed by atoms with van der Waals surface area (Å²) in [5, 5.41) is 3.92. The average molecular weight is 378 g/mol. The van der Waals surface area contributed by atoms with Crippen LogP contribution in [0, 0.1) is 0 Å². The van der Waals surface area contributed by atoms with Gasteiger partial charge in [-0.2, -0.15) is 0 Å². The number of ether oxygens (including phenoxy) is 1. The fourth-order valence-electron chi connectivity index (χ4n) is 2.11. The van der Waals surface area contributed by atoms with Crippen molar-refractivity contribution in [1.29, 1.82) is 0 Å². The summed E-state index contributed by atoms with van der Waals surface area (Å²) in [5.41, 5.74) is 2.40. The van der Waals surface area contributed by atoms with E-state index in [1.807, 2.05) is 47.8 Å². The van der Waals surface area contributed by atoms with Crippen molar-refractivity contribution in [3.63, 3.8) is 0 Å². The SMILES string of the molecule is O=C(Cc1csc(-c2cccc(Cl)c2)n1)OCc1ccccc1Cl. The van der Waals surface area contributed by atoms with Crippen LogP contribution in [-0.2, 0) is 22.6 Å². The zero-order valence-corrected chi connectivity index (χ0v) is 14.9. The summed E-state index contributed by atoms with van der Waals surface area (Å²) in [6.07, 6.45) is 0.127. The number of nitrogens with zero attached hydrogens (tertiary/aromatic N) is 1. The number of benzene rings is 2. The first-order valence-corrected chi connectivity index (χ1v) is 8.85. The van der Waals surface area contributed by atoms with Crippen molar-refractivity contribution in [3.05, 3.63) is 75.2 Å². The van der Waals surface area contributed by atoms with E-state index in [1.165, 1.54) is 11.3 Å². The van der Waals surface area contributed by atoms with Gasteiger partial charge >= 0.3 is 5.97 Å². The number of carbonyl (C=O) groups excluding carboxylic acids is 1. The van der Waals surface area contributed by atoms with Gasteiger partial charge in [-0.25, -0.2) is 4.98 Å². The molecule has 0 N–H and O–H groups in total. The minimum absolute atomic E-state index is 0.127. The maximum Gasteiger partial charge on any atom is 0.312 e. The van der Waals surface area contributed by atoms with Crippen molar-refractivity contribution >= 4 is 40.5 Å². The van der Waals surface area contributed by atoms with Gasteiger partial charge in [0.1, 0.15) is 11.6 Å². The molecule has 1 heterocycles. The molecule has 2 aromatic carbocycles. The molecule has 0 bridgehead atoms. The van der Waals surface area contributed by atoms with Gasteiger partial charge in [-0.05, 0) is 18.2 Å². The second kappa shape index (κ2) is 7.79. The van der Waals surface area contributed by atoms with Gasteiger partial charge in [0.05, 0.1) is 12.1 Å². The van der Waals surface area contributed by atoms with E-state index >= 15 is 0 Å². The average Bonchev–Trinajstić information content (AvgIpc) is 3.02. The molecule has 0 fully saturated rings. The number of hydrogen-bond acceptors (Lipinski definition) is 4. The van der Waals surface area contributed by atoms with E-state index in [-0.39, 0.29) is 19.0 Å². The van der Waals surface area contributed by atoms with E-state index in [1.54, 1.807) is 6.07 Å². The van der Waals surface area contributed by atoms with E-state index in [0.717, 1.165) is 16.1 Å². The van der Waals surface area contributed by atoms with Gasteiger partial charge in [0, 0.05) is 26.6 Å². The van der Waals surface area contributed by atoms with Gasteiger partial charge in [-0.1, -0.05) is 53.5 Å². The third-order valence-corrected chi connectivity index (χ3v) is 4.84. The molecular formula is C18H13Cl2NO2S. The van der Waals surface area contributed by atoms with Crippen LogP contribution in [0.2, 0.25) is 10.0 Å². The molecule has 0 unspecified atom stereocenters. The second-order valence-corrected chi connectivity index (χ2v) is 6.78. The highest BCUT2D eigenvalue weighted by Gasteiger charge is 2.11. The molecule has 0 amide bonds. The van der Waals surface area contributed by atoms with Crippen LogP contribution in [-0.4, -0.2) is 11.0 Å². The quantitative estimate of drug-likeness (QED) is 0.558. The lowest BCUT2D eigenvalue weighted by molar-refractivity contribution is -0.144. The number of carbonyl (C=O) groups is 1. The zero-order valence-electron chi connectivity index (χ0n) is 12.5. The van der Waals surface area contributed by atoms with Crippen molar-refractivity contribution in [2.45, 2.75) is 13.0 Å². The Morgan fingerprint density at radius 1 is 1.12 bits per heavy atom. The Balaban J connectivity index is 1.60. The zero-order chi connectivity index (χ0) is 16.9. The molecule has 6 heteroatoms. The first-order chi connectivity index (χ1) is 11.6. The molecule has 0 saturated heterocycles. The van der Waals surface area contributed by atoms with Crippen molar-refractivity contribution in [3.8, 4) is 10.6 Å². The second-order valence-electron chi connectivity index (χ2n) is 5.08. The topological polar surface area (TPSA) is 39.2 Å². The molecule has 0 aliphatic rings.